The lowest BCUT2D eigenvalue weighted by Crippen LogP contribution is -2.38. The summed E-state index contributed by atoms with van der Waals surface area (Å²) >= 11 is 0. The van der Waals surface area contributed by atoms with Crippen LogP contribution in [-0.2, 0) is 6.54 Å². The van der Waals surface area contributed by atoms with Crippen LogP contribution in [0.1, 0.15) is 26.3 Å². The Morgan fingerprint density at radius 2 is 1.63 bits per heavy atom. The largest absolute Gasteiger partial charge is 0.497 e. The summed E-state index contributed by atoms with van der Waals surface area (Å²) in [6, 6.07) is 20.1. The van der Waals surface area contributed by atoms with Gasteiger partial charge in [-0.25, -0.2) is 4.39 Å². The summed E-state index contributed by atoms with van der Waals surface area (Å²) in [5.74, 6) is -0.125. The second-order valence-corrected chi connectivity index (χ2v) is 7.05. The summed E-state index contributed by atoms with van der Waals surface area (Å²) in [5.41, 5.74) is 2.57. The summed E-state index contributed by atoms with van der Waals surface area (Å²) in [6.45, 7) is 1.10. The van der Waals surface area contributed by atoms with Crippen molar-refractivity contribution in [2.75, 3.05) is 25.1 Å². The fraction of sp³-hybridized carbons (Fsp3) is 0.167. The number of benzene rings is 3. The first-order valence-corrected chi connectivity index (χ1v) is 9.65. The summed E-state index contributed by atoms with van der Waals surface area (Å²) in [5, 5.41) is 0. The van der Waals surface area contributed by atoms with E-state index in [-0.39, 0.29) is 11.8 Å². The van der Waals surface area contributed by atoms with Crippen molar-refractivity contribution in [2.45, 2.75) is 6.54 Å². The van der Waals surface area contributed by atoms with Gasteiger partial charge in [0, 0.05) is 36.4 Å². The third kappa shape index (κ3) is 3.89. The first kappa shape index (κ1) is 19.6. The summed E-state index contributed by atoms with van der Waals surface area (Å²) < 4.78 is 18.5. The van der Waals surface area contributed by atoms with Gasteiger partial charge >= 0.3 is 0 Å². The van der Waals surface area contributed by atoms with Gasteiger partial charge in [-0.3, -0.25) is 9.59 Å². The number of carbonyl (C=O) groups excluding carboxylic acids is 2. The van der Waals surface area contributed by atoms with Crippen molar-refractivity contribution in [3.8, 4) is 5.75 Å². The van der Waals surface area contributed by atoms with Crippen LogP contribution in [0.3, 0.4) is 0 Å². The number of para-hydroxylation sites is 1. The van der Waals surface area contributed by atoms with Gasteiger partial charge in [0.25, 0.3) is 11.8 Å². The molecule has 2 amide bonds. The van der Waals surface area contributed by atoms with Crippen molar-refractivity contribution in [3.05, 3.63) is 95.3 Å². The first-order chi connectivity index (χ1) is 14.6. The van der Waals surface area contributed by atoms with Gasteiger partial charge < -0.3 is 14.5 Å². The third-order valence-electron chi connectivity index (χ3n) is 5.18. The maximum atomic E-state index is 13.3. The predicted molar refractivity (Wildman–Crippen MR) is 112 cm³/mol. The zero-order valence-corrected chi connectivity index (χ0v) is 16.5. The Labute approximate surface area is 174 Å². The third-order valence-corrected chi connectivity index (χ3v) is 5.18. The van der Waals surface area contributed by atoms with Gasteiger partial charge in [0.05, 0.1) is 7.11 Å². The van der Waals surface area contributed by atoms with Gasteiger partial charge in [0.15, 0.2) is 0 Å². The monoisotopic (exact) mass is 404 g/mol. The number of carbonyl (C=O) groups is 2. The molecule has 0 saturated carbocycles. The molecule has 3 aromatic rings. The fourth-order valence-electron chi connectivity index (χ4n) is 3.60. The molecule has 0 saturated heterocycles. The molecule has 4 rings (SSSR count). The first-order valence-electron chi connectivity index (χ1n) is 9.65. The Morgan fingerprint density at radius 3 is 2.40 bits per heavy atom. The normalized spacial score (nSPS) is 13.4. The second-order valence-electron chi connectivity index (χ2n) is 7.05. The standard InChI is InChI=1S/C24H21FN2O3/c1-30-21-7-4-6-18(15-21)23(28)26-13-14-27(22-8-3-2-5-19(22)16-26)24(29)17-9-11-20(25)12-10-17/h2-12,15H,13-14,16H2,1H3. The smallest absolute Gasteiger partial charge is 0.258 e. The number of amides is 2. The number of halogens is 1. The predicted octanol–water partition coefficient (Wildman–Crippen LogP) is 4.14. The average molecular weight is 404 g/mol. The van der Waals surface area contributed by atoms with E-state index >= 15 is 0 Å². The SMILES string of the molecule is COc1cccc(C(=O)N2CCN(C(=O)c3ccc(F)cc3)c3ccccc3C2)c1. The lowest BCUT2D eigenvalue weighted by molar-refractivity contribution is 0.0747. The zero-order valence-electron chi connectivity index (χ0n) is 16.5. The zero-order chi connectivity index (χ0) is 21.1. The Balaban J connectivity index is 1.64. The molecule has 0 bridgehead atoms. The number of hydrogen-bond acceptors (Lipinski definition) is 3. The Morgan fingerprint density at radius 1 is 0.867 bits per heavy atom. The molecule has 0 fully saturated rings. The number of hydrogen-bond donors (Lipinski definition) is 0. The van der Waals surface area contributed by atoms with Crippen LogP contribution in [0.5, 0.6) is 5.75 Å². The minimum Gasteiger partial charge on any atom is -0.497 e. The molecule has 6 heteroatoms. The van der Waals surface area contributed by atoms with Crippen molar-refractivity contribution in [1.82, 2.24) is 4.90 Å². The van der Waals surface area contributed by atoms with Gasteiger partial charge in [-0.05, 0) is 54.1 Å². The van der Waals surface area contributed by atoms with E-state index in [1.54, 1.807) is 41.2 Å². The average Bonchev–Trinajstić information content (AvgIpc) is 2.98. The Kier molecular flexibility index (Phi) is 5.48. The maximum absolute atomic E-state index is 13.3. The molecule has 0 unspecified atom stereocenters. The summed E-state index contributed by atoms with van der Waals surface area (Å²) in [7, 11) is 1.56. The molecule has 1 heterocycles. The van der Waals surface area contributed by atoms with Crippen LogP contribution in [0.25, 0.3) is 0 Å². The minimum atomic E-state index is -0.391. The van der Waals surface area contributed by atoms with Gasteiger partial charge in [-0.1, -0.05) is 24.3 Å². The topological polar surface area (TPSA) is 49.9 Å². The molecule has 3 aromatic carbocycles. The quantitative estimate of drug-likeness (QED) is 0.659. The van der Waals surface area contributed by atoms with Crippen LogP contribution in [0.2, 0.25) is 0 Å². The van der Waals surface area contributed by atoms with E-state index in [0.717, 1.165) is 11.3 Å². The highest BCUT2D eigenvalue weighted by Gasteiger charge is 2.27. The second kappa shape index (κ2) is 8.37. The van der Waals surface area contributed by atoms with E-state index < -0.39 is 5.82 Å². The van der Waals surface area contributed by atoms with E-state index in [9.17, 15) is 14.0 Å². The Hall–Kier alpha value is -3.67. The molecule has 0 N–H and O–H groups in total. The highest BCUT2D eigenvalue weighted by atomic mass is 19.1. The number of anilines is 1. The van der Waals surface area contributed by atoms with Crippen LogP contribution in [0, 0.1) is 5.82 Å². The molecule has 30 heavy (non-hydrogen) atoms. The molecule has 0 spiro atoms. The number of nitrogens with zero attached hydrogens (tertiary/aromatic N) is 2. The molecule has 0 atom stereocenters. The van der Waals surface area contributed by atoms with Crippen LogP contribution in [-0.4, -0.2) is 36.9 Å². The molecular weight excluding hydrogens is 383 g/mol. The fourth-order valence-corrected chi connectivity index (χ4v) is 3.60. The minimum absolute atomic E-state index is 0.125. The molecule has 0 aliphatic carbocycles. The van der Waals surface area contributed by atoms with Crippen molar-refractivity contribution >= 4 is 17.5 Å². The molecular formula is C24H21FN2O3. The van der Waals surface area contributed by atoms with Crippen molar-refractivity contribution in [3.63, 3.8) is 0 Å². The number of methoxy groups -OCH3 is 1. The van der Waals surface area contributed by atoms with Crippen molar-refractivity contribution in [1.29, 1.82) is 0 Å². The van der Waals surface area contributed by atoms with Crippen LogP contribution in [0.4, 0.5) is 10.1 Å². The van der Waals surface area contributed by atoms with Crippen molar-refractivity contribution < 1.29 is 18.7 Å². The molecule has 0 aromatic heterocycles. The van der Waals surface area contributed by atoms with Gasteiger partial charge in [-0.2, -0.15) is 0 Å². The van der Waals surface area contributed by atoms with Crippen LogP contribution in [0.15, 0.2) is 72.8 Å². The van der Waals surface area contributed by atoms with Crippen molar-refractivity contribution in [2.24, 2.45) is 0 Å². The van der Waals surface area contributed by atoms with Crippen LogP contribution >= 0.6 is 0 Å². The Bertz CT molecular complexity index is 1080. The number of ether oxygens (including phenoxy) is 1. The highest BCUT2D eigenvalue weighted by molar-refractivity contribution is 6.06. The van der Waals surface area contributed by atoms with Crippen LogP contribution < -0.4 is 9.64 Å². The summed E-state index contributed by atoms with van der Waals surface area (Å²) in [4.78, 5) is 29.7. The molecule has 1 aliphatic heterocycles. The summed E-state index contributed by atoms with van der Waals surface area (Å²) in [6.07, 6.45) is 0. The van der Waals surface area contributed by atoms with Gasteiger partial charge in [0.1, 0.15) is 11.6 Å². The molecule has 1 aliphatic rings. The van der Waals surface area contributed by atoms with E-state index in [1.165, 1.54) is 24.3 Å². The number of rotatable bonds is 3. The van der Waals surface area contributed by atoms with Gasteiger partial charge in [0.2, 0.25) is 0 Å². The number of fused-ring (bicyclic) bond motifs is 1. The van der Waals surface area contributed by atoms with E-state index in [2.05, 4.69) is 0 Å². The van der Waals surface area contributed by atoms with E-state index in [1.807, 2.05) is 24.3 Å². The maximum Gasteiger partial charge on any atom is 0.258 e. The lowest BCUT2D eigenvalue weighted by atomic mass is 10.1. The van der Waals surface area contributed by atoms with E-state index in [0.29, 0.717) is 36.5 Å². The van der Waals surface area contributed by atoms with Gasteiger partial charge in [-0.15, -0.1) is 0 Å². The van der Waals surface area contributed by atoms with E-state index in [4.69, 9.17) is 4.74 Å². The molecule has 5 nitrogen and oxygen atoms in total. The molecule has 0 radical (unpaired) electrons. The molecule has 152 valence electrons. The lowest BCUT2D eigenvalue weighted by Gasteiger charge is -2.23. The highest BCUT2D eigenvalue weighted by Crippen LogP contribution is 2.27.